The first kappa shape index (κ1) is 22.2. The van der Waals surface area contributed by atoms with Crippen LogP contribution in [0.3, 0.4) is 0 Å². The highest BCUT2D eigenvalue weighted by Crippen LogP contribution is 2.23. The summed E-state index contributed by atoms with van der Waals surface area (Å²) in [6.45, 7) is 2.39. The zero-order chi connectivity index (χ0) is 23.4. The molecule has 2 aromatic carbocycles. The van der Waals surface area contributed by atoms with Crippen molar-refractivity contribution in [3.8, 4) is 0 Å². The van der Waals surface area contributed by atoms with Crippen LogP contribution in [-0.4, -0.2) is 36.1 Å². The van der Waals surface area contributed by atoms with E-state index in [9.17, 15) is 13.2 Å². The van der Waals surface area contributed by atoms with E-state index < -0.39 is 10.0 Å². The van der Waals surface area contributed by atoms with E-state index in [1.807, 2.05) is 25.1 Å². The Labute approximate surface area is 192 Å². The molecule has 0 saturated carbocycles. The number of sulfonamides is 1. The van der Waals surface area contributed by atoms with Gasteiger partial charge < -0.3 is 5.32 Å². The third-order valence-electron chi connectivity index (χ3n) is 5.10. The van der Waals surface area contributed by atoms with Gasteiger partial charge in [0.2, 0.25) is 0 Å². The second-order valence-electron chi connectivity index (χ2n) is 7.51. The van der Waals surface area contributed by atoms with Crippen LogP contribution in [0.5, 0.6) is 0 Å². The lowest BCUT2D eigenvalue weighted by Gasteiger charge is -2.20. The summed E-state index contributed by atoms with van der Waals surface area (Å²) < 4.78 is 28.6. The van der Waals surface area contributed by atoms with Gasteiger partial charge in [0.1, 0.15) is 0 Å². The van der Waals surface area contributed by atoms with Crippen LogP contribution < -0.4 is 9.62 Å². The average Bonchev–Trinajstić information content (AvgIpc) is 3.26. The number of amides is 1. The van der Waals surface area contributed by atoms with Gasteiger partial charge in [0.05, 0.1) is 22.8 Å². The van der Waals surface area contributed by atoms with Crippen molar-refractivity contribution < 1.29 is 13.2 Å². The van der Waals surface area contributed by atoms with Crippen LogP contribution in [0, 0.1) is 6.92 Å². The minimum absolute atomic E-state index is 0.207. The Hall–Kier alpha value is -3.98. The molecule has 4 rings (SSSR count). The van der Waals surface area contributed by atoms with Crippen molar-refractivity contribution in [2.45, 2.75) is 18.4 Å². The lowest BCUT2D eigenvalue weighted by Crippen LogP contribution is -2.26. The Morgan fingerprint density at radius 3 is 2.39 bits per heavy atom. The fourth-order valence-corrected chi connectivity index (χ4v) is 4.39. The molecule has 9 heteroatoms. The Morgan fingerprint density at radius 2 is 1.73 bits per heavy atom. The second-order valence-corrected chi connectivity index (χ2v) is 9.48. The molecule has 1 N–H and O–H groups in total. The van der Waals surface area contributed by atoms with E-state index in [1.165, 1.54) is 11.4 Å². The average molecular weight is 462 g/mol. The van der Waals surface area contributed by atoms with E-state index in [-0.39, 0.29) is 10.8 Å². The highest BCUT2D eigenvalue weighted by Gasteiger charge is 2.21. The number of pyridine rings is 1. The van der Waals surface area contributed by atoms with Gasteiger partial charge in [-0.1, -0.05) is 23.8 Å². The number of hydrogen-bond acceptors (Lipinski definition) is 5. The summed E-state index contributed by atoms with van der Waals surface area (Å²) in [4.78, 5) is 17.1. The molecule has 0 radical (unpaired) electrons. The number of hydrogen-bond donors (Lipinski definition) is 1. The van der Waals surface area contributed by atoms with Crippen molar-refractivity contribution in [2.75, 3.05) is 16.7 Å². The van der Waals surface area contributed by atoms with Crippen LogP contribution in [0.15, 0.2) is 90.1 Å². The maximum absolute atomic E-state index is 12.9. The van der Waals surface area contributed by atoms with Crippen molar-refractivity contribution in [1.82, 2.24) is 14.8 Å². The lowest BCUT2D eigenvalue weighted by atomic mass is 10.2. The van der Waals surface area contributed by atoms with Gasteiger partial charge in [0.25, 0.3) is 15.9 Å². The molecule has 0 bridgehead atoms. The number of rotatable bonds is 7. The van der Waals surface area contributed by atoms with Gasteiger partial charge in [-0.05, 0) is 55.5 Å². The highest BCUT2D eigenvalue weighted by atomic mass is 32.2. The predicted octanol–water partition coefficient (Wildman–Crippen LogP) is 3.71. The summed E-state index contributed by atoms with van der Waals surface area (Å²) in [7, 11) is -2.21. The van der Waals surface area contributed by atoms with Crippen LogP contribution in [0.2, 0.25) is 0 Å². The Morgan fingerprint density at radius 1 is 1.00 bits per heavy atom. The number of anilines is 2. The fourth-order valence-electron chi connectivity index (χ4n) is 3.19. The van der Waals surface area contributed by atoms with Gasteiger partial charge in [-0.3, -0.25) is 18.8 Å². The fraction of sp³-hybridized carbons (Fsp3) is 0.125. The Balaban J connectivity index is 1.42. The monoisotopic (exact) mass is 461 g/mol. The summed E-state index contributed by atoms with van der Waals surface area (Å²) >= 11 is 0. The summed E-state index contributed by atoms with van der Waals surface area (Å²) in [5.74, 6) is 0.0766. The van der Waals surface area contributed by atoms with Gasteiger partial charge >= 0.3 is 0 Å². The molecule has 2 heterocycles. The van der Waals surface area contributed by atoms with E-state index in [1.54, 1.807) is 71.7 Å². The SMILES string of the molecule is Cc1ccc(S(=O)(=O)N(C)c2ccc(C(=O)Nc3ccn(Cc4ccccn4)n3)cc2)cc1. The molecule has 2 aromatic heterocycles. The minimum atomic E-state index is -3.70. The van der Waals surface area contributed by atoms with Gasteiger partial charge in [-0.2, -0.15) is 5.10 Å². The standard InChI is InChI=1S/C24H23N5O3S/c1-18-6-12-22(13-7-18)33(31,32)28(2)21-10-8-19(9-11-21)24(30)26-23-14-16-29(27-23)17-20-5-3-4-15-25-20/h3-16H,17H2,1-2H3,(H,26,27,30). The zero-order valence-electron chi connectivity index (χ0n) is 18.2. The first-order valence-corrected chi connectivity index (χ1v) is 11.7. The van der Waals surface area contributed by atoms with E-state index in [4.69, 9.17) is 0 Å². The highest BCUT2D eigenvalue weighted by molar-refractivity contribution is 7.92. The van der Waals surface area contributed by atoms with E-state index in [0.29, 0.717) is 23.6 Å². The second kappa shape index (κ2) is 9.25. The minimum Gasteiger partial charge on any atom is -0.305 e. The molecule has 168 valence electrons. The van der Waals surface area contributed by atoms with Crippen LogP contribution in [0.4, 0.5) is 11.5 Å². The van der Waals surface area contributed by atoms with E-state index >= 15 is 0 Å². The first-order chi connectivity index (χ1) is 15.8. The molecular formula is C24H23N5O3S. The van der Waals surface area contributed by atoms with Gasteiger partial charge in [-0.25, -0.2) is 8.42 Å². The third kappa shape index (κ3) is 5.09. The van der Waals surface area contributed by atoms with Gasteiger partial charge in [-0.15, -0.1) is 0 Å². The van der Waals surface area contributed by atoms with Crippen molar-refractivity contribution in [3.63, 3.8) is 0 Å². The van der Waals surface area contributed by atoms with Gasteiger partial charge in [0, 0.05) is 31.1 Å². The normalized spacial score (nSPS) is 11.2. The molecule has 0 aliphatic heterocycles. The van der Waals surface area contributed by atoms with Crippen molar-refractivity contribution in [2.24, 2.45) is 0 Å². The molecule has 0 fully saturated rings. The zero-order valence-corrected chi connectivity index (χ0v) is 19.0. The first-order valence-electron chi connectivity index (χ1n) is 10.2. The Bertz CT molecular complexity index is 1350. The molecule has 4 aromatic rings. The van der Waals surface area contributed by atoms with Gasteiger partial charge in [0.15, 0.2) is 5.82 Å². The van der Waals surface area contributed by atoms with E-state index in [2.05, 4.69) is 15.4 Å². The van der Waals surface area contributed by atoms with Crippen LogP contribution in [0.1, 0.15) is 21.6 Å². The molecule has 0 saturated heterocycles. The summed E-state index contributed by atoms with van der Waals surface area (Å²) in [6.07, 6.45) is 3.48. The Kier molecular flexibility index (Phi) is 6.23. The molecule has 0 atom stereocenters. The topological polar surface area (TPSA) is 97.2 Å². The van der Waals surface area contributed by atoms with Crippen LogP contribution in [0.25, 0.3) is 0 Å². The number of nitrogens with one attached hydrogen (secondary N) is 1. The molecule has 0 unspecified atom stereocenters. The quantitative estimate of drug-likeness (QED) is 0.453. The number of aromatic nitrogens is 3. The van der Waals surface area contributed by atoms with Crippen LogP contribution in [-0.2, 0) is 16.6 Å². The molecular weight excluding hydrogens is 438 g/mol. The number of carbonyl (C=O) groups excluding carboxylic acids is 1. The van der Waals surface area contributed by atoms with Crippen LogP contribution >= 0.6 is 0 Å². The molecule has 1 amide bonds. The lowest BCUT2D eigenvalue weighted by molar-refractivity contribution is 0.102. The number of nitrogens with zero attached hydrogens (tertiary/aromatic N) is 4. The summed E-state index contributed by atoms with van der Waals surface area (Å²) in [5, 5.41) is 7.10. The maximum atomic E-state index is 12.9. The summed E-state index contributed by atoms with van der Waals surface area (Å²) in [5.41, 5.74) is 2.68. The third-order valence-corrected chi connectivity index (χ3v) is 6.90. The molecule has 8 nitrogen and oxygen atoms in total. The van der Waals surface area contributed by atoms with Crippen molar-refractivity contribution in [3.05, 3.63) is 102 Å². The number of benzene rings is 2. The molecule has 33 heavy (non-hydrogen) atoms. The molecule has 0 aliphatic rings. The molecule has 0 spiro atoms. The number of carbonyl (C=O) groups is 1. The predicted molar refractivity (Wildman–Crippen MR) is 127 cm³/mol. The van der Waals surface area contributed by atoms with Crippen molar-refractivity contribution in [1.29, 1.82) is 0 Å². The largest absolute Gasteiger partial charge is 0.305 e. The van der Waals surface area contributed by atoms with Crippen molar-refractivity contribution >= 4 is 27.4 Å². The maximum Gasteiger partial charge on any atom is 0.264 e. The summed E-state index contributed by atoms with van der Waals surface area (Å²) in [6, 6.07) is 20.4. The smallest absolute Gasteiger partial charge is 0.264 e. The molecule has 0 aliphatic carbocycles. The number of aryl methyl sites for hydroxylation is 1. The van der Waals surface area contributed by atoms with E-state index in [0.717, 1.165) is 11.3 Å².